The molecule has 29 heavy (non-hydrogen) atoms. The first kappa shape index (κ1) is 21.8. The first-order valence-corrected chi connectivity index (χ1v) is 9.69. The average molecular weight is 412 g/mol. The third-order valence-corrected chi connectivity index (χ3v) is 5.96. The number of carbonyl (C=O) groups is 1. The Morgan fingerprint density at radius 2 is 1.97 bits per heavy atom. The minimum Gasteiger partial charge on any atom is -0.395 e. The minimum absolute atomic E-state index is 0.0508. The molecule has 0 unspecified atom stereocenters. The summed E-state index contributed by atoms with van der Waals surface area (Å²) < 4.78 is 43.4. The molecule has 8 heteroatoms. The van der Waals surface area contributed by atoms with Crippen molar-refractivity contribution in [3.63, 3.8) is 0 Å². The molecule has 2 fully saturated rings. The molecule has 2 heterocycles. The maximum Gasteiger partial charge on any atom is 0.390 e. The third kappa shape index (κ3) is 4.20. The Morgan fingerprint density at radius 3 is 2.48 bits per heavy atom. The van der Waals surface area contributed by atoms with Crippen LogP contribution in [0.4, 0.5) is 13.2 Å². The van der Waals surface area contributed by atoms with E-state index < -0.39 is 24.2 Å². The van der Waals surface area contributed by atoms with Crippen LogP contribution in [-0.4, -0.2) is 78.5 Å². The van der Waals surface area contributed by atoms with Gasteiger partial charge in [-0.05, 0) is 18.1 Å². The van der Waals surface area contributed by atoms with Crippen LogP contribution in [0.5, 0.6) is 0 Å². The fourth-order valence-corrected chi connectivity index (χ4v) is 4.73. The molecule has 0 aliphatic carbocycles. The van der Waals surface area contributed by atoms with Gasteiger partial charge in [-0.3, -0.25) is 9.69 Å². The molecule has 0 bridgehead atoms. The topological polar surface area (TPSA) is 53.0 Å². The number of aliphatic hydroxyl groups is 1. The molecule has 1 spiro atoms. The van der Waals surface area contributed by atoms with Gasteiger partial charge in [0, 0.05) is 38.7 Å². The Morgan fingerprint density at radius 1 is 1.31 bits per heavy atom. The predicted molar refractivity (Wildman–Crippen MR) is 103 cm³/mol. The molecular weight excluding hydrogens is 385 g/mol. The summed E-state index contributed by atoms with van der Waals surface area (Å²) in [6.07, 6.45) is -1.31. The quantitative estimate of drug-likeness (QED) is 0.748. The predicted octanol–water partition coefficient (Wildman–Crippen LogP) is 2.66. The Balaban J connectivity index is 1.84. The van der Waals surface area contributed by atoms with Crippen LogP contribution >= 0.6 is 0 Å². The number of allylic oxidation sites excluding steroid dienone is 1. The number of alkyl halides is 3. The number of hydrogen-bond acceptors (Lipinski definition) is 4. The first-order valence-electron chi connectivity index (χ1n) is 9.69. The zero-order valence-corrected chi connectivity index (χ0v) is 16.7. The van der Waals surface area contributed by atoms with E-state index in [0.29, 0.717) is 13.1 Å². The van der Waals surface area contributed by atoms with E-state index in [4.69, 9.17) is 4.74 Å². The standard InChI is InChI=1S/C21H27F3N2O3/c1-3-4-15-5-7-16(8-6-15)19-17(11-27)26(10-9-21(22,23)24)20(19)13-25(14-20)18(28)12-29-2/h3-8,17,19,27H,9-14H2,1-2H3/t17-,19+/m1/s1. The lowest BCUT2D eigenvalue weighted by Crippen LogP contribution is -2.85. The molecule has 2 atom stereocenters. The van der Waals surface area contributed by atoms with E-state index in [1.165, 1.54) is 7.11 Å². The first-order chi connectivity index (χ1) is 13.8. The number of carbonyl (C=O) groups excluding carboxylic acids is 1. The van der Waals surface area contributed by atoms with E-state index in [1.807, 2.05) is 43.3 Å². The van der Waals surface area contributed by atoms with Gasteiger partial charge in [0.1, 0.15) is 6.61 Å². The van der Waals surface area contributed by atoms with Gasteiger partial charge in [0.15, 0.2) is 0 Å². The van der Waals surface area contributed by atoms with Gasteiger partial charge in [0.05, 0.1) is 18.6 Å². The molecular formula is C21H27F3N2O3. The second-order valence-corrected chi connectivity index (χ2v) is 7.74. The monoisotopic (exact) mass is 412 g/mol. The van der Waals surface area contributed by atoms with Crippen molar-refractivity contribution in [1.82, 2.24) is 9.80 Å². The lowest BCUT2D eigenvalue weighted by Gasteiger charge is -2.71. The smallest absolute Gasteiger partial charge is 0.390 e. The van der Waals surface area contributed by atoms with Crippen molar-refractivity contribution in [2.24, 2.45) is 0 Å². The molecule has 0 aromatic heterocycles. The fraction of sp³-hybridized carbons (Fsp3) is 0.571. The van der Waals surface area contributed by atoms with E-state index in [0.717, 1.165) is 11.1 Å². The number of halogens is 3. The number of aliphatic hydroxyl groups excluding tert-OH is 1. The van der Waals surface area contributed by atoms with Crippen LogP contribution in [-0.2, 0) is 9.53 Å². The van der Waals surface area contributed by atoms with Crippen LogP contribution in [0.3, 0.4) is 0 Å². The van der Waals surface area contributed by atoms with Gasteiger partial charge < -0.3 is 14.7 Å². The van der Waals surface area contributed by atoms with Crippen molar-refractivity contribution in [1.29, 1.82) is 0 Å². The third-order valence-electron chi connectivity index (χ3n) is 5.96. The van der Waals surface area contributed by atoms with Crippen molar-refractivity contribution >= 4 is 12.0 Å². The number of benzene rings is 1. The number of nitrogens with zero attached hydrogens (tertiary/aromatic N) is 2. The molecule has 1 aromatic carbocycles. The Labute approximate surface area is 168 Å². The SMILES string of the molecule is CC=Cc1ccc([C@H]2[C@@H](CO)N(CCC(F)(F)F)C23CN(C(=O)COC)C3)cc1. The van der Waals surface area contributed by atoms with Crippen molar-refractivity contribution < 1.29 is 27.8 Å². The highest BCUT2D eigenvalue weighted by Crippen LogP contribution is 2.54. The lowest BCUT2D eigenvalue weighted by atomic mass is 9.60. The van der Waals surface area contributed by atoms with Gasteiger partial charge in [-0.25, -0.2) is 0 Å². The Bertz CT molecular complexity index is 743. The molecule has 1 N–H and O–H groups in total. The summed E-state index contributed by atoms with van der Waals surface area (Å²) in [5.74, 6) is -0.310. The Hall–Kier alpha value is -1.90. The molecule has 2 aliphatic rings. The summed E-state index contributed by atoms with van der Waals surface area (Å²) in [5, 5.41) is 9.93. The molecule has 1 aromatic rings. The van der Waals surface area contributed by atoms with Crippen molar-refractivity contribution in [2.75, 3.05) is 40.0 Å². The van der Waals surface area contributed by atoms with Crippen LogP contribution in [0, 0.1) is 0 Å². The van der Waals surface area contributed by atoms with Crippen LogP contribution in [0.2, 0.25) is 0 Å². The van der Waals surface area contributed by atoms with E-state index in [9.17, 15) is 23.1 Å². The zero-order valence-electron chi connectivity index (χ0n) is 16.7. The number of ether oxygens (including phenoxy) is 1. The molecule has 1 amide bonds. The number of rotatable bonds is 7. The molecule has 0 radical (unpaired) electrons. The maximum atomic E-state index is 12.8. The molecule has 3 rings (SSSR count). The second kappa shape index (κ2) is 8.45. The molecule has 2 aliphatic heterocycles. The highest BCUT2D eigenvalue weighted by molar-refractivity contribution is 5.79. The normalized spacial score (nSPS) is 24.0. The summed E-state index contributed by atoms with van der Waals surface area (Å²) in [5.41, 5.74) is 1.42. The van der Waals surface area contributed by atoms with E-state index in [1.54, 1.807) is 9.80 Å². The molecule has 2 saturated heterocycles. The fourth-order valence-electron chi connectivity index (χ4n) is 4.73. The number of hydrogen-bond donors (Lipinski definition) is 1. The average Bonchev–Trinajstić information content (AvgIpc) is 2.60. The van der Waals surface area contributed by atoms with Crippen molar-refractivity contribution in [3.8, 4) is 0 Å². The summed E-state index contributed by atoms with van der Waals surface area (Å²) in [6, 6.07) is 7.45. The largest absolute Gasteiger partial charge is 0.395 e. The van der Waals surface area contributed by atoms with E-state index in [-0.39, 0.29) is 31.6 Å². The highest BCUT2D eigenvalue weighted by atomic mass is 19.4. The van der Waals surface area contributed by atoms with Crippen LogP contribution in [0.25, 0.3) is 6.08 Å². The van der Waals surface area contributed by atoms with Gasteiger partial charge in [-0.1, -0.05) is 36.4 Å². The van der Waals surface area contributed by atoms with Crippen molar-refractivity contribution in [3.05, 3.63) is 41.5 Å². The maximum absolute atomic E-state index is 12.8. The van der Waals surface area contributed by atoms with Gasteiger partial charge >= 0.3 is 6.18 Å². The molecule has 5 nitrogen and oxygen atoms in total. The van der Waals surface area contributed by atoms with Crippen LogP contribution in [0.1, 0.15) is 30.4 Å². The summed E-state index contributed by atoms with van der Waals surface area (Å²) in [7, 11) is 1.43. The number of likely N-dealkylation sites (tertiary alicyclic amines) is 2. The minimum atomic E-state index is -4.27. The second-order valence-electron chi connectivity index (χ2n) is 7.74. The summed E-state index contributed by atoms with van der Waals surface area (Å²) >= 11 is 0. The molecule has 0 saturated carbocycles. The number of methoxy groups -OCH3 is 1. The highest BCUT2D eigenvalue weighted by Gasteiger charge is 2.66. The van der Waals surface area contributed by atoms with Crippen LogP contribution in [0.15, 0.2) is 30.3 Å². The van der Waals surface area contributed by atoms with Gasteiger partial charge in [0.2, 0.25) is 5.91 Å². The lowest BCUT2D eigenvalue weighted by molar-refractivity contribution is -0.210. The van der Waals surface area contributed by atoms with E-state index in [2.05, 4.69) is 0 Å². The van der Waals surface area contributed by atoms with Crippen LogP contribution < -0.4 is 0 Å². The summed E-state index contributed by atoms with van der Waals surface area (Å²) in [6.45, 7) is 2.14. The zero-order chi connectivity index (χ0) is 21.2. The van der Waals surface area contributed by atoms with Gasteiger partial charge in [0.25, 0.3) is 0 Å². The summed E-state index contributed by atoms with van der Waals surface area (Å²) in [4.78, 5) is 15.5. The van der Waals surface area contributed by atoms with Crippen molar-refractivity contribution in [2.45, 2.75) is 37.0 Å². The molecule has 160 valence electrons. The Kier molecular flexibility index (Phi) is 6.36. The van der Waals surface area contributed by atoms with Gasteiger partial charge in [-0.2, -0.15) is 13.2 Å². The number of amides is 1. The van der Waals surface area contributed by atoms with Gasteiger partial charge in [-0.15, -0.1) is 0 Å². The van der Waals surface area contributed by atoms with E-state index >= 15 is 0 Å².